The van der Waals surface area contributed by atoms with Gasteiger partial charge in [-0.25, -0.2) is 0 Å². The number of rotatable bonds is 0. The van der Waals surface area contributed by atoms with Gasteiger partial charge < -0.3 is 21.6 Å². The molecule has 12 heavy (non-hydrogen) atoms. The van der Waals surface area contributed by atoms with Crippen molar-refractivity contribution in [3.8, 4) is 0 Å². The first kappa shape index (κ1) is 9.12. The molecule has 5 heteroatoms. The fourth-order valence-corrected chi connectivity index (χ4v) is 1.30. The molecule has 1 rings (SSSR count). The van der Waals surface area contributed by atoms with E-state index in [-0.39, 0.29) is 0 Å². The Hall–Kier alpha value is -0.970. The zero-order chi connectivity index (χ0) is 9.19. The Morgan fingerprint density at radius 2 is 2.00 bits per heavy atom. The van der Waals surface area contributed by atoms with Crippen LogP contribution in [-0.4, -0.2) is 34.7 Å². The Bertz CT molecular complexity index is 180. The molecule has 1 saturated heterocycles. The lowest BCUT2D eigenvalue weighted by atomic mass is 9.94. The lowest BCUT2D eigenvalue weighted by Gasteiger charge is -2.35. The first-order chi connectivity index (χ1) is 5.55. The molecule has 1 aliphatic heterocycles. The van der Waals surface area contributed by atoms with Crippen molar-refractivity contribution in [2.45, 2.75) is 25.4 Å². The van der Waals surface area contributed by atoms with Crippen molar-refractivity contribution >= 4 is 5.96 Å². The van der Waals surface area contributed by atoms with Crippen LogP contribution < -0.4 is 11.6 Å². The van der Waals surface area contributed by atoms with Crippen LogP contribution in [0.5, 0.6) is 0 Å². The minimum absolute atomic E-state index is 0.352. The number of piperidine rings is 1. The highest BCUT2D eigenvalue weighted by Crippen LogP contribution is 2.20. The summed E-state index contributed by atoms with van der Waals surface area (Å²) < 4.78 is 0. The Balaban J connectivity index is 2.47. The van der Waals surface area contributed by atoms with Crippen LogP contribution in [0.15, 0.2) is 5.10 Å². The van der Waals surface area contributed by atoms with E-state index in [2.05, 4.69) is 5.10 Å². The summed E-state index contributed by atoms with van der Waals surface area (Å²) in [7, 11) is 0. The third-order valence-corrected chi connectivity index (χ3v) is 2.30. The summed E-state index contributed by atoms with van der Waals surface area (Å²) in [5.74, 6) is 5.38. The minimum atomic E-state index is -0.550. The van der Waals surface area contributed by atoms with E-state index in [9.17, 15) is 5.11 Å². The number of hydrazone groups is 1. The predicted octanol–water partition coefficient (Wildman–Crippen LogP) is -0.978. The quantitative estimate of drug-likeness (QED) is 0.190. The zero-order valence-electron chi connectivity index (χ0n) is 7.32. The van der Waals surface area contributed by atoms with Gasteiger partial charge >= 0.3 is 0 Å². The third-order valence-electron chi connectivity index (χ3n) is 2.30. The summed E-state index contributed by atoms with van der Waals surface area (Å²) in [5.41, 5.74) is 4.96. The molecule has 0 bridgehead atoms. The van der Waals surface area contributed by atoms with E-state index >= 15 is 0 Å². The van der Waals surface area contributed by atoms with Gasteiger partial charge in [-0.2, -0.15) is 0 Å². The van der Waals surface area contributed by atoms with Crippen molar-refractivity contribution in [3.05, 3.63) is 0 Å². The number of nitrogens with zero attached hydrogens (tertiary/aromatic N) is 2. The van der Waals surface area contributed by atoms with Gasteiger partial charge in [0.2, 0.25) is 5.96 Å². The molecule has 0 aromatic rings. The maximum absolute atomic E-state index is 9.61. The van der Waals surface area contributed by atoms with E-state index in [1.807, 2.05) is 11.8 Å². The second-order valence-corrected chi connectivity index (χ2v) is 3.47. The van der Waals surface area contributed by atoms with Gasteiger partial charge in [0.15, 0.2) is 0 Å². The highest BCUT2D eigenvalue weighted by Gasteiger charge is 2.27. The molecule has 0 saturated carbocycles. The highest BCUT2D eigenvalue weighted by molar-refractivity contribution is 5.77. The molecule has 1 fully saturated rings. The highest BCUT2D eigenvalue weighted by atomic mass is 16.3. The summed E-state index contributed by atoms with van der Waals surface area (Å²) in [6, 6.07) is 0. The van der Waals surface area contributed by atoms with E-state index < -0.39 is 5.60 Å². The molecule has 0 spiro atoms. The summed E-state index contributed by atoms with van der Waals surface area (Å²) in [6.07, 6.45) is 1.42. The Morgan fingerprint density at radius 3 is 2.42 bits per heavy atom. The molecule has 5 N–H and O–H groups in total. The first-order valence-corrected chi connectivity index (χ1v) is 4.06. The van der Waals surface area contributed by atoms with Crippen LogP contribution in [0.1, 0.15) is 19.8 Å². The normalized spacial score (nSPS) is 24.2. The lowest BCUT2D eigenvalue weighted by Crippen LogP contribution is -2.48. The molecular weight excluding hydrogens is 156 g/mol. The second kappa shape index (κ2) is 3.18. The maximum atomic E-state index is 9.61. The molecule has 0 atom stereocenters. The van der Waals surface area contributed by atoms with Gasteiger partial charge in [-0.05, 0) is 19.8 Å². The number of likely N-dealkylation sites (tertiary alicyclic amines) is 1. The number of aliphatic hydroxyl groups is 1. The average Bonchev–Trinajstić information content (AvgIpc) is 2.03. The van der Waals surface area contributed by atoms with E-state index in [0.29, 0.717) is 18.8 Å². The molecule has 0 amide bonds. The fourth-order valence-electron chi connectivity index (χ4n) is 1.30. The van der Waals surface area contributed by atoms with Crippen molar-refractivity contribution in [2.75, 3.05) is 13.1 Å². The van der Waals surface area contributed by atoms with Gasteiger partial charge in [-0.1, -0.05) is 0 Å². The van der Waals surface area contributed by atoms with Crippen molar-refractivity contribution < 1.29 is 5.11 Å². The van der Waals surface area contributed by atoms with Gasteiger partial charge in [0.05, 0.1) is 5.60 Å². The molecule has 70 valence electrons. The molecular formula is C7H16N4O. The number of guanidine groups is 1. The summed E-state index contributed by atoms with van der Waals surface area (Å²) in [4.78, 5) is 1.87. The van der Waals surface area contributed by atoms with E-state index in [1.54, 1.807) is 0 Å². The molecule has 0 unspecified atom stereocenters. The standard InChI is InChI=1S/C7H16N4O/c1-7(12)2-4-11(5-3-7)6(8)10-9/h12H,2-5,9H2,1H3,(H2,8,10). The van der Waals surface area contributed by atoms with Crippen LogP contribution in [0, 0.1) is 0 Å². The van der Waals surface area contributed by atoms with Crippen LogP contribution in [0.25, 0.3) is 0 Å². The monoisotopic (exact) mass is 172 g/mol. The molecule has 0 radical (unpaired) electrons. The summed E-state index contributed by atoms with van der Waals surface area (Å²) in [5, 5.41) is 13.0. The predicted molar refractivity (Wildman–Crippen MR) is 47.2 cm³/mol. The van der Waals surface area contributed by atoms with Gasteiger partial charge in [-0.15, -0.1) is 5.10 Å². The van der Waals surface area contributed by atoms with Crippen molar-refractivity contribution in [1.29, 1.82) is 0 Å². The maximum Gasteiger partial charge on any atom is 0.213 e. The Kier molecular flexibility index (Phi) is 2.42. The van der Waals surface area contributed by atoms with E-state index in [1.165, 1.54) is 0 Å². The lowest BCUT2D eigenvalue weighted by molar-refractivity contribution is 0.00963. The van der Waals surface area contributed by atoms with Crippen molar-refractivity contribution in [1.82, 2.24) is 4.90 Å². The molecule has 0 aromatic carbocycles. The summed E-state index contributed by atoms with van der Waals surface area (Å²) in [6.45, 7) is 3.28. The van der Waals surface area contributed by atoms with Crippen LogP contribution in [0.2, 0.25) is 0 Å². The van der Waals surface area contributed by atoms with E-state index in [4.69, 9.17) is 11.6 Å². The van der Waals surface area contributed by atoms with Crippen LogP contribution in [0.3, 0.4) is 0 Å². The van der Waals surface area contributed by atoms with Gasteiger partial charge in [-0.3, -0.25) is 0 Å². The van der Waals surface area contributed by atoms with Crippen LogP contribution >= 0.6 is 0 Å². The van der Waals surface area contributed by atoms with Gasteiger partial charge in [0.1, 0.15) is 0 Å². The van der Waals surface area contributed by atoms with Crippen LogP contribution in [0.4, 0.5) is 0 Å². The molecule has 1 heterocycles. The number of hydrogen-bond acceptors (Lipinski definition) is 3. The smallest absolute Gasteiger partial charge is 0.213 e. The molecule has 0 aliphatic carbocycles. The SMILES string of the molecule is CC1(O)CCN(C(N)=NN)CC1. The van der Waals surface area contributed by atoms with Crippen molar-refractivity contribution in [3.63, 3.8) is 0 Å². The van der Waals surface area contributed by atoms with E-state index in [0.717, 1.165) is 13.1 Å². The number of hydrogen-bond donors (Lipinski definition) is 3. The Morgan fingerprint density at radius 1 is 1.50 bits per heavy atom. The minimum Gasteiger partial charge on any atom is -0.390 e. The van der Waals surface area contributed by atoms with Gasteiger partial charge in [0, 0.05) is 13.1 Å². The zero-order valence-corrected chi connectivity index (χ0v) is 7.32. The van der Waals surface area contributed by atoms with Crippen molar-refractivity contribution in [2.24, 2.45) is 16.7 Å². The van der Waals surface area contributed by atoms with Crippen LogP contribution in [-0.2, 0) is 0 Å². The fraction of sp³-hybridized carbons (Fsp3) is 0.857. The average molecular weight is 172 g/mol. The number of nitrogens with two attached hydrogens (primary N) is 2. The second-order valence-electron chi connectivity index (χ2n) is 3.47. The molecule has 1 aliphatic rings. The topological polar surface area (TPSA) is 87.9 Å². The summed E-state index contributed by atoms with van der Waals surface area (Å²) >= 11 is 0. The third kappa shape index (κ3) is 2.01. The largest absolute Gasteiger partial charge is 0.390 e. The first-order valence-electron chi connectivity index (χ1n) is 4.06. The molecule has 5 nitrogen and oxygen atoms in total. The van der Waals surface area contributed by atoms with Gasteiger partial charge in [0.25, 0.3) is 0 Å². The Labute approximate surface area is 72.0 Å². The molecule has 0 aromatic heterocycles.